The van der Waals surface area contributed by atoms with Gasteiger partial charge in [0.1, 0.15) is 5.83 Å². The van der Waals surface area contributed by atoms with E-state index in [1.807, 2.05) is 13.8 Å². The zero-order valence-corrected chi connectivity index (χ0v) is 8.00. The summed E-state index contributed by atoms with van der Waals surface area (Å²) < 4.78 is 12.7. The van der Waals surface area contributed by atoms with Gasteiger partial charge in [0, 0.05) is 0 Å². The summed E-state index contributed by atoms with van der Waals surface area (Å²) in [4.78, 5) is 0. The van der Waals surface area contributed by atoms with Crippen LogP contribution in [0.25, 0.3) is 0 Å². The van der Waals surface area contributed by atoms with E-state index in [9.17, 15) is 4.39 Å². The third-order valence-electron chi connectivity index (χ3n) is 1.43. The third-order valence-corrected chi connectivity index (χ3v) is 1.75. The molecular formula is C9H14ClF. The molecule has 64 valence electrons. The second-order valence-electron chi connectivity index (χ2n) is 2.19. The lowest BCUT2D eigenvalue weighted by molar-refractivity contribution is 0.631. The highest BCUT2D eigenvalue weighted by Crippen LogP contribution is 2.27. The van der Waals surface area contributed by atoms with Crippen LogP contribution in [-0.2, 0) is 0 Å². The summed E-state index contributed by atoms with van der Waals surface area (Å²) in [6.07, 6.45) is 3.39. The van der Waals surface area contributed by atoms with Crippen LogP contribution < -0.4 is 0 Å². The second kappa shape index (κ2) is 5.36. The van der Waals surface area contributed by atoms with E-state index < -0.39 is 0 Å². The predicted molar refractivity (Wildman–Crippen MR) is 48.3 cm³/mol. The minimum atomic E-state index is -0.233. The van der Waals surface area contributed by atoms with Crippen LogP contribution in [0.2, 0.25) is 0 Å². The maximum absolute atomic E-state index is 12.7. The fraction of sp³-hybridized carbons (Fsp3) is 0.556. The first kappa shape index (κ1) is 10.7. The molecule has 0 nitrogen and oxygen atoms in total. The normalized spacial score (nSPS) is 17.0. The summed E-state index contributed by atoms with van der Waals surface area (Å²) in [5.41, 5.74) is 0.766. The SMILES string of the molecule is CC.CC1=C(F)C(Cl)=CCC1. The molecule has 0 fully saturated rings. The summed E-state index contributed by atoms with van der Waals surface area (Å²) in [5, 5.41) is 0.277. The molecule has 0 heterocycles. The minimum absolute atomic E-state index is 0.233. The van der Waals surface area contributed by atoms with E-state index in [0.29, 0.717) is 0 Å². The van der Waals surface area contributed by atoms with Crippen LogP contribution in [0.3, 0.4) is 0 Å². The minimum Gasteiger partial charge on any atom is -0.205 e. The molecule has 0 aromatic heterocycles. The van der Waals surface area contributed by atoms with Gasteiger partial charge in [0.25, 0.3) is 0 Å². The highest BCUT2D eigenvalue weighted by molar-refractivity contribution is 6.31. The van der Waals surface area contributed by atoms with Gasteiger partial charge in [-0.05, 0) is 25.3 Å². The van der Waals surface area contributed by atoms with Crippen molar-refractivity contribution in [1.82, 2.24) is 0 Å². The highest BCUT2D eigenvalue weighted by Gasteiger charge is 2.09. The molecule has 0 aromatic rings. The molecule has 0 radical (unpaired) electrons. The maximum Gasteiger partial charge on any atom is 0.140 e. The Morgan fingerprint density at radius 1 is 1.45 bits per heavy atom. The molecule has 0 atom stereocenters. The van der Waals surface area contributed by atoms with Crippen molar-refractivity contribution >= 4 is 11.6 Å². The van der Waals surface area contributed by atoms with Crippen molar-refractivity contribution in [3.63, 3.8) is 0 Å². The standard InChI is InChI=1S/C7H8ClF.C2H6/c1-5-3-2-4-6(8)7(5)9;1-2/h4H,2-3H2,1H3;1-2H3. The third kappa shape index (κ3) is 3.06. The lowest BCUT2D eigenvalue weighted by atomic mass is 10.1. The van der Waals surface area contributed by atoms with Crippen molar-refractivity contribution in [2.75, 3.05) is 0 Å². The molecule has 0 aliphatic heterocycles. The Kier molecular flexibility index (Phi) is 5.22. The van der Waals surface area contributed by atoms with Gasteiger partial charge in [-0.25, -0.2) is 4.39 Å². The van der Waals surface area contributed by atoms with E-state index in [4.69, 9.17) is 11.6 Å². The predicted octanol–water partition coefficient (Wildman–Crippen LogP) is 4.17. The average molecular weight is 177 g/mol. The van der Waals surface area contributed by atoms with E-state index in [1.54, 1.807) is 13.0 Å². The summed E-state index contributed by atoms with van der Waals surface area (Å²) in [6, 6.07) is 0. The van der Waals surface area contributed by atoms with Crippen LogP contribution in [0.15, 0.2) is 22.5 Å². The lowest BCUT2D eigenvalue weighted by Gasteiger charge is -2.07. The zero-order chi connectivity index (χ0) is 8.85. The van der Waals surface area contributed by atoms with Crippen molar-refractivity contribution < 1.29 is 4.39 Å². The van der Waals surface area contributed by atoms with Gasteiger partial charge in [-0.3, -0.25) is 0 Å². The fourth-order valence-corrected chi connectivity index (χ4v) is 1.09. The molecule has 0 unspecified atom stereocenters. The largest absolute Gasteiger partial charge is 0.205 e. The van der Waals surface area contributed by atoms with Gasteiger partial charge < -0.3 is 0 Å². The molecule has 0 saturated carbocycles. The van der Waals surface area contributed by atoms with Gasteiger partial charge in [0.05, 0.1) is 5.03 Å². The number of hydrogen-bond acceptors (Lipinski definition) is 0. The first-order valence-electron chi connectivity index (χ1n) is 3.93. The van der Waals surface area contributed by atoms with Crippen LogP contribution in [0, 0.1) is 0 Å². The fourth-order valence-electron chi connectivity index (χ4n) is 0.819. The summed E-state index contributed by atoms with van der Waals surface area (Å²) >= 11 is 5.49. The highest BCUT2D eigenvalue weighted by atomic mass is 35.5. The molecule has 0 aromatic carbocycles. The Hall–Kier alpha value is -0.300. The number of halogens is 2. The van der Waals surface area contributed by atoms with E-state index in [2.05, 4.69) is 0 Å². The molecule has 11 heavy (non-hydrogen) atoms. The molecule has 1 aliphatic carbocycles. The molecule has 2 heteroatoms. The molecule has 0 spiro atoms. The Balaban J connectivity index is 0.000000461. The van der Waals surface area contributed by atoms with Gasteiger partial charge in [0.15, 0.2) is 0 Å². The summed E-state index contributed by atoms with van der Waals surface area (Å²) in [6.45, 7) is 5.77. The molecular weight excluding hydrogens is 163 g/mol. The van der Waals surface area contributed by atoms with Gasteiger partial charge in [-0.1, -0.05) is 31.5 Å². The van der Waals surface area contributed by atoms with Crippen molar-refractivity contribution in [2.24, 2.45) is 0 Å². The molecule has 1 aliphatic rings. The van der Waals surface area contributed by atoms with Crippen molar-refractivity contribution in [3.05, 3.63) is 22.5 Å². The Morgan fingerprint density at radius 2 is 2.00 bits per heavy atom. The first-order chi connectivity index (χ1) is 5.22. The van der Waals surface area contributed by atoms with Crippen molar-refractivity contribution in [1.29, 1.82) is 0 Å². The monoisotopic (exact) mass is 176 g/mol. The van der Waals surface area contributed by atoms with Crippen LogP contribution in [-0.4, -0.2) is 0 Å². The number of hydrogen-bond donors (Lipinski definition) is 0. The Bertz CT molecular complexity index is 180. The zero-order valence-electron chi connectivity index (χ0n) is 7.25. The topological polar surface area (TPSA) is 0 Å². The van der Waals surface area contributed by atoms with Gasteiger partial charge in [-0.15, -0.1) is 0 Å². The number of allylic oxidation sites excluding steroid dienone is 4. The van der Waals surface area contributed by atoms with E-state index >= 15 is 0 Å². The quantitative estimate of drug-likeness (QED) is 0.520. The van der Waals surface area contributed by atoms with Crippen LogP contribution in [0.5, 0.6) is 0 Å². The van der Waals surface area contributed by atoms with E-state index in [1.165, 1.54) is 0 Å². The Morgan fingerprint density at radius 3 is 2.36 bits per heavy atom. The van der Waals surface area contributed by atoms with Gasteiger partial charge >= 0.3 is 0 Å². The lowest BCUT2D eigenvalue weighted by Crippen LogP contribution is -1.89. The Labute approximate surface area is 72.7 Å². The molecule has 1 rings (SSSR count). The van der Waals surface area contributed by atoms with E-state index in [0.717, 1.165) is 18.4 Å². The summed E-state index contributed by atoms with van der Waals surface area (Å²) in [7, 11) is 0. The number of rotatable bonds is 0. The molecule has 0 saturated heterocycles. The second-order valence-corrected chi connectivity index (χ2v) is 2.59. The molecule has 0 bridgehead atoms. The van der Waals surface area contributed by atoms with E-state index in [-0.39, 0.29) is 10.9 Å². The van der Waals surface area contributed by atoms with Gasteiger partial charge in [-0.2, -0.15) is 0 Å². The van der Waals surface area contributed by atoms with Crippen molar-refractivity contribution in [3.8, 4) is 0 Å². The van der Waals surface area contributed by atoms with Crippen molar-refractivity contribution in [2.45, 2.75) is 33.6 Å². The van der Waals surface area contributed by atoms with Gasteiger partial charge in [0.2, 0.25) is 0 Å². The smallest absolute Gasteiger partial charge is 0.140 e. The van der Waals surface area contributed by atoms with Crippen LogP contribution in [0.1, 0.15) is 33.6 Å². The summed E-state index contributed by atoms with van der Waals surface area (Å²) in [5.74, 6) is -0.233. The first-order valence-corrected chi connectivity index (χ1v) is 4.31. The molecule has 0 N–H and O–H groups in total. The average Bonchev–Trinajstić information content (AvgIpc) is 2.04. The maximum atomic E-state index is 12.7. The van der Waals surface area contributed by atoms with Crippen LogP contribution >= 0.6 is 11.6 Å². The van der Waals surface area contributed by atoms with Crippen LogP contribution in [0.4, 0.5) is 4.39 Å². The molecule has 0 amide bonds.